The molecular weight excluding hydrogens is 446 g/mol. The standard InChI is InChI=1S/C24H26ClN3O3S/c25-17-10-16-2-1-7-28(13-15-4-8-27(9-5-15)24(30)31)22(16)20(11-17)19-3-6-26-21-12-18(14-29)32-23(19)21/h3,6,10-12,15,29H,1-2,4-5,7-9,13-14H2,(H,30,31). The van der Waals surface area contributed by atoms with Gasteiger partial charge in [0.05, 0.1) is 16.8 Å². The molecule has 2 aromatic heterocycles. The van der Waals surface area contributed by atoms with Crippen molar-refractivity contribution >= 4 is 44.9 Å². The molecule has 168 valence electrons. The summed E-state index contributed by atoms with van der Waals surface area (Å²) >= 11 is 8.15. The van der Waals surface area contributed by atoms with Gasteiger partial charge in [-0.05, 0) is 61.4 Å². The Hall–Kier alpha value is -2.35. The molecular formula is C24H26ClN3O3S. The van der Waals surface area contributed by atoms with Crippen LogP contribution in [0.3, 0.4) is 0 Å². The maximum atomic E-state index is 11.3. The molecule has 0 bridgehead atoms. The number of carboxylic acid groups (broad SMARTS) is 1. The van der Waals surface area contributed by atoms with Gasteiger partial charge in [0.1, 0.15) is 0 Å². The van der Waals surface area contributed by atoms with Crippen LogP contribution in [0.5, 0.6) is 0 Å². The van der Waals surface area contributed by atoms with Crippen LogP contribution in [0.15, 0.2) is 30.5 Å². The van der Waals surface area contributed by atoms with Crippen LogP contribution in [0.1, 0.15) is 29.7 Å². The number of nitrogens with zero attached hydrogens (tertiary/aromatic N) is 3. The van der Waals surface area contributed by atoms with Crippen LogP contribution < -0.4 is 4.90 Å². The number of aryl methyl sites for hydroxylation is 1. The van der Waals surface area contributed by atoms with Gasteiger partial charge in [0.15, 0.2) is 0 Å². The third-order valence-electron chi connectivity index (χ3n) is 6.62. The Morgan fingerprint density at radius 1 is 1.19 bits per heavy atom. The summed E-state index contributed by atoms with van der Waals surface area (Å²) in [4.78, 5) is 20.7. The van der Waals surface area contributed by atoms with Gasteiger partial charge in [-0.3, -0.25) is 4.98 Å². The molecule has 4 heterocycles. The number of hydrogen-bond donors (Lipinski definition) is 2. The number of carbonyl (C=O) groups is 1. The van der Waals surface area contributed by atoms with Gasteiger partial charge in [-0.2, -0.15) is 0 Å². The smallest absolute Gasteiger partial charge is 0.407 e. The van der Waals surface area contributed by atoms with E-state index < -0.39 is 6.09 Å². The zero-order valence-corrected chi connectivity index (χ0v) is 19.3. The number of aliphatic hydroxyl groups excluding tert-OH is 1. The number of amides is 1. The summed E-state index contributed by atoms with van der Waals surface area (Å²) in [6.07, 6.45) is 4.88. The molecule has 1 fully saturated rings. The summed E-state index contributed by atoms with van der Waals surface area (Å²) < 4.78 is 1.07. The lowest BCUT2D eigenvalue weighted by atomic mass is 9.91. The average Bonchev–Trinajstić information content (AvgIpc) is 3.22. The number of hydrogen-bond acceptors (Lipinski definition) is 5. The summed E-state index contributed by atoms with van der Waals surface area (Å²) in [6, 6.07) is 8.14. The number of piperidine rings is 1. The molecule has 1 amide bonds. The molecule has 6 nitrogen and oxygen atoms in total. The number of pyridine rings is 1. The summed E-state index contributed by atoms with van der Waals surface area (Å²) in [5.74, 6) is 0.472. The van der Waals surface area contributed by atoms with Crippen LogP contribution in [0, 0.1) is 5.92 Å². The molecule has 1 saturated heterocycles. The summed E-state index contributed by atoms with van der Waals surface area (Å²) in [5.41, 5.74) is 5.63. The van der Waals surface area contributed by atoms with Crippen LogP contribution in [-0.2, 0) is 13.0 Å². The van der Waals surface area contributed by atoms with E-state index in [9.17, 15) is 15.0 Å². The number of thiophene rings is 1. The molecule has 32 heavy (non-hydrogen) atoms. The average molecular weight is 472 g/mol. The van der Waals surface area contributed by atoms with Crippen LogP contribution in [-0.4, -0.2) is 52.4 Å². The number of rotatable bonds is 4. The SMILES string of the molecule is O=C(O)N1CCC(CN2CCCc3cc(Cl)cc(-c4ccnc5cc(CO)sc45)c32)CC1. The maximum Gasteiger partial charge on any atom is 0.407 e. The molecule has 1 aromatic carbocycles. The highest BCUT2D eigenvalue weighted by Gasteiger charge is 2.28. The van der Waals surface area contributed by atoms with Crippen LogP contribution in [0.25, 0.3) is 21.3 Å². The third kappa shape index (κ3) is 4.05. The van der Waals surface area contributed by atoms with Gasteiger partial charge in [0.25, 0.3) is 0 Å². The van der Waals surface area contributed by atoms with Crippen molar-refractivity contribution in [3.63, 3.8) is 0 Å². The molecule has 2 aliphatic heterocycles. The predicted octanol–water partition coefficient (Wildman–Crippen LogP) is 5.25. The van der Waals surface area contributed by atoms with Gasteiger partial charge < -0.3 is 20.0 Å². The first-order valence-electron chi connectivity index (χ1n) is 11.1. The van der Waals surface area contributed by atoms with Gasteiger partial charge in [-0.15, -0.1) is 11.3 Å². The number of anilines is 1. The highest BCUT2D eigenvalue weighted by molar-refractivity contribution is 7.19. The van der Waals surface area contributed by atoms with Crippen molar-refractivity contribution in [3.8, 4) is 11.1 Å². The topological polar surface area (TPSA) is 76.9 Å². The van der Waals surface area contributed by atoms with E-state index in [0.717, 1.165) is 70.0 Å². The first kappa shape index (κ1) is 21.5. The molecule has 0 aliphatic carbocycles. The molecule has 0 radical (unpaired) electrons. The predicted molar refractivity (Wildman–Crippen MR) is 129 cm³/mol. The van der Waals surface area contributed by atoms with Crippen molar-refractivity contribution in [1.82, 2.24) is 9.88 Å². The highest BCUT2D eigenvalue weighted by Crippen LogP contribution is 2.44. The molecule has 0 saturated carbocycles. The molecule has 0 spiro atoms. The van der Waals surface area contributed by atoms with E-state index in [1.54, 1.807) is 11.3 Å². The van der Waals surface area contributed by atoms with Crippen molar-refractivity contribution in [2.45, 2.75) is 32.3 Å². The normalized spacial score (nSPS) is 17.1. The molecule has 5 rings (SSSR count). The van der Waals surface area contributed by atoms with E-state index in [-0.39, 0.29) is 6.61 Å². The van der Waals surface area contributed by atoms with Gasteiger partial charge >= 0.3 is 6.09 Å². The Morgan fingerprint density at radius 3 is 2.75 bits per heavy atom. The highest BCUT2D eigenvalue weighted by atomic mass is 35.5. The molecule has 2 N–H and O–H groups in total. The van der Waals surface area contributed by atoms with E-state index in [1.807, 2.05) is 18.3 Å². The fourth-order valence-corrected chi connectivity index (χ4v) is 6.32. The Bertz CT molecular complexity index is 1160. The first-order valence-corrected chi connectivity index (χ1v) is 12.3. The zero-order chi connectivity index (χ0) is 22.2. The Labute approximate surface area is 196 Å². The molecule has 0 unspecified atom stereocenters. The third-order valence-corrected chi connectivity index (χ3v) is 7.98. The van der Waals surface area contributed by atoms with Crippen molar-refractivity contribution < 1.29 is 15.0 Å². The number of aromatic nitrogens is 1. The van der Waals surface area contributed by atoms with E-state index in [1.165, 1.54) is 16.2 Å². The Balaban J connectivity index is 1.52. The number of aliphatic hydroxyl groups is 1. The lowest BCUT2D eigenvalue weighted by Gasteiger charge is -2.38. The second kappa shape index (κ2) is 8.89. The van der Waals surface area contributed by atoms with Crippen molar-refractivity contribution in [2.24, 2.45) is 5.92 Å². The second-order valence-electron chi connectivity index (χ2n) is 8.67. The van der Waals surface area contributed by atoms with E-state index in [4.69, 9.17) is 11.6 Å². The Kier molecular flexibility index (Phi) is 5.97. The molecule has 2 aliphatic rings. The maximum absolute atomic E-state index is 11.3. The van der Waals surface area contributed by atoms with E-state index in [2.05, 4.69) is 22.0 Å². The largest absolute Gasteiger partial charge is 0.465 e. The monoisotopic (exact) mass is 471 g/mol. The minimum absolute atomic E-state index is 0.00921. The zero-order valence-electron chi connectivity index (χ0n) is 17.8. The van der Waals surface area contributed by atoms with E-state index >= 15 is 0 Å². The van der Waals surface area contributed by atoms with Crippen LogP contribution >= 0.6 is 22.9 Å². The number of likely N-dealkylation sites (tertiary alicyclic amines) is 1. The minimum Gasteiger partial charge on any atom is -0.465 e. The van der Waals surface area contributed by atoms with Gasteiger partial charge in [0.2, 0.25) is 0 Å². The summed E-state index contributed by atoms with van der Waals surface area (Å²) in [7, 11) is 0. The fourth-order valence-electron chi connectivity index (χ4n) is 5.08. The van der Waals surface area contributed by atoms with Crippen molar-refractivity contribution in [2.75, 3.05) is 31.1 Å². The number of benzene rings is 1. The van der Waals surface area contributed by atoms with Crippen LogP contribution in [0.4, 0.5) is 10.5 Å². The number of fused-ring (bicyclic) bond motifs is 2. The lowest BCUT2D eigenvalue weighted by molar-refractivity contribution is 0.125. The van der Waals surface area contributed by atoms with Crippen molar-refractivity contribution in [3.05, 3.63) is 45.9 Å². The lowest BCUT2D eigenvalue weighted by Crippen LogP contribution is -2.42. The molecule has 8 heteroatoms. The number of halogens is 1. The second-order valence-corrected chi connectivity index (χ2v) is 10.2. The minimum atomic E-state index is -0.816. The molecule has 3 aromatic rings. The van der Waals surface area contributed by atoms with Crippen LogP contribution in [0.2, 0.25) is 5.02 Å². The molecule has 0 atom stereocenters. The van der Waals surface area contributed by atoms with Gasteiger partial charge in [-0.25, -0.2) is 4.79 Å². The summed E-state index contributed by atoms with van der Waals surface area (Å²) in [5, 5.41) is 19.6. The van der Waals surface area contributed by atoms with Gasteiger partial charge in [-0.1, -0.05) is 11.6 Å². The van der Waals surface area contributed by atoms with Gasteiger partial charge in [0, 0.05) is 59.1 Å². The quantitative estimate of drug-likeness (QED) is 0.543. The first-order chi connectivity index (χ1) is 15.5. The summed E-state index contributed by atoms with van der Waals surface area (Å²) in [6.45, 7) is 3.14. The van der Waals surface area contributed by atoms with E-state index in [0.29, 0.717) is 19.0 Å². The Morgan fingerprint density at radius 2 is 2.00 bits per heavy atom. The van der Waals surface area contributed by atoms with Crippen molar-refractivity contribution in [1.29, 1.82) is 0 Å². The fraction of sp³-hybridized carbons (Fsp3) is 0.417.